The first-order valence-corrected chi connectivity index (χ1v) is 17.1. The SMILES string of the molecule is CCCCCCCCCCCC(=O)OC[C@H](CO[C@@H]1O[C@H](CO[C@H]2O[C@H](CO)[C@H](O)[C@H](O)[C@H]2O)[C@H](O)[C@H](O)[C@H]1O)OC(=O)CCCC. The molecule has 0 amide bonds. The van der Waals surface area contributed by atoms with Crippen molar-refractivity contribution in [3.63, 3.8) is 0 Å². The zero-order chi connectivity index (χ0) is 34.8. The molecule has 2 aliphatic heterocycles. The summed E-state index contributed by atoms with van der Waals surface area (Å²) in [6.45, 7) is 2.22. The summed E-state index contributed by atoms with van der Waals surface area (Å²) < 4.78 is 32.8. The van der Waals surface area contributed by atoms with Gasteiger partial charge >= 0.3 is 11.9 Å². The molecule has 0 aromatic heterocycles. The predicted octanol–water partition coefficient (Wildman–Crippen LogP) is 0.193. The second-order valence-electron chi connectivity index (χ2n) is 12.4. The van der Waals surface area contributed by atoms with E-state index in [0.717, 1.165) is 25.7 Å². The molecule has 2 heterocycles. The fourth-order valence-corrected chi connectivity index (χ4v) is 5.31. The minimum Gasteiger partial charge on any atom is -0.462 e. The van der Waals surface area contributed by atoms with E-state index in [1.54, 1.807) is 0 Å². The monoisotopic (exact) mass is 682 g/mol. The molecule has 0 spiro atoms. The highest BCUT2D eigenvalue weighted by atomic mass is 16.7. The second-order valence-corrected chi connectivity index (χ2v) is 12.4. The quantitative estimate of drug-likeness (QED) is 0.0563. The molecule has 0 radical (unpaired) electrons. The van der Waals surface area contributed by atoms with Crippen LogP contribution in [0.1, 0.15) is 97.3 Å². The molecular formula is C32H58O15. The van der Waals surface area contributed by atoms with Gasteiger partial charge < -0.3 is 64.2 Å². The Morgan fingerprint density at radius 2 is 1.11 bits per heavy atom. The molecule has 47 heavy (non-hydrogen) atoms. The zero-order valence-corrected chi connectivity index (χ0v) is 27.8. The number of aliphatic hydroxyl groups is 7. The van der Waals surface area contributed by atoms with E-state index in [4.69, 9.17) is 28.4 Å². The lowest BCUT2D eigenvalue weighted by molar-refractivity contribution is -0.332. The van der Waals surface area contributed by atoms with Gasteiger partial charge in [-0.3, -0.25) is 9.59 Å². The first-order valence-electron chi connectivity index (χ1n) is 17.1. The molecule has 276 valence electrons. The van der Waals surface area contributed by atoms with Crippen LogP contribution in [-0.2, 0) is 38.0 Å². The van der Waals surface area contributed by atoms with Crippen molar-refractivity contribution in [2.24, 2.45) is 0 Å². The number of carbonyl (C=O) groups is 2. The summed E-state index contributed by atoms with van der Waals surface area (Å²) in [7, 11) is 0. The van der Waals surface area contributed by atoms with Crippen LogP contribution in [-0.4, -0.2) is 142 Å². The third kappa shape index (κ3) is 14.5. The van der Waals surface area contributed by atoms with Gasteiger partial charge in [-0.05, 0) is 12.8 Å². The van der Waals surface area contributed by atoms with Gasteiger partial charge in [0.1, 0.15) is 55.4 Å². The molecule has 0 saturated carbocycles. The number of carbonyl (C=O) groups excluding carboxylic acids is 2. The van der Waals surface area contributed by atoms with Crippen molar-refractivity contribution in [1.29, 1.82) is 0 Å². The van der Waals surface area contributed by atoms with Gasteiger partial charge in [-0.1, -0.05) is 71.6 Å². The number of ether oxygens (including phenoxy) is 6. The van der Waals surface area contributed by atoms with Crippen LogP contribution in [0.25, 0.3) is 0 Å². The molecule has 2 aliphatic rings. The minimum absolute atomic E-state index is 0.143. The van der Waals surface area contributed by atoms with E-state index in [1.807, 2.05) is 6.92 Å². The van der Waals surface area contributed by atoms with Crippen LogP contribution in [0, 0.1) is 0 Å². The fourth-order valence-electron chi connectivity index (χ4n) is 5.31. The molecule has 2 saturated heterocycles. The van der Waals surface area contributed by atoms with Crippen LogP contribution in [0.15, 0.2) is 0 Å². The summed E-state index contributed by atoms with van der Waals surface area (Å²) in [5.41, 5.74) is 0. The Morgan fingerprint density at radius 3 is 1.70 bits per heavy atom. The smallest absolute Gasteiger partial charge is 0.306 e. The Balaban J connectivity index is 1.88. The van der Waals surface area contributed by atoms with Gasteiger partial charge in [0.2, 0.25) is 0 Å². The summed E-state index contributed by atoms with van der Waals surface area (Å²) in [6.07, 6.45) is -5.16. The number of aliphatic hydroxyl groups excluding tert-OH is 7. The van der Waals surface area contributed by atoms with Gasteiger partial charge in [0.05, 0.1) is 19.8 Å². The van der Waals surface area contributed by atoms with Gasteiger partial charge in [0.25, 0.3) is 0 Å². The maximum Gasteiger partial charge on any atom is 0.306 e. The highest BCUT2D eigenvalue weighted by Gasteiger charge is 2.47. The van der Waals surface area contributed by atoms with Gasteiger partial charge in [-0.2, -0.15) is 0 Å². The Morgan fingerprint density at radius 1 is 0.596 bits per heavy atom. The van der Waals surface area contributed by atoms with E-state index in [2.05, 4.69) is 6.92 Å². The summed E-state index contributed by atoms with van der Waals surface area (Å²) in [5, 5.41) is 70.9. The molecule has 2 fully saturated rings. The molecule has 0 unspecified atom stereocenters. The molecule has 0 aromatic rings. The van der Waals surface area contributed by atoms with Crippen LogP contribution in [0.4, 0.5) is 0 Å². The summed E-state index contributed by atoms with van der Waals surface area (Å²) in [6, 6.07) is 0. The summed E-state index contributed by atoms with van der Waals surface area (Å²) >= 11 is 0. The first-order chi connectivity index (χ1) is 22.5. The molecule has 0 aliphatic carbocycles. The lowest BCUT2D eigenvalue weighted by Crippen LogP contribution is -2.61. The predicted molar refractivity (Wildman–Crippen MR) is 165 cm³/mol. The largest absolute Gasteiger partial charge is 0.462 e. The van der Waals surface area contributed by atoms with E-state index < -0.39 is 92.7 Å². The van der Waals surface area contributed by atoms with Crippen molar-refractivity contribution in [1.82, 2.24) is 0 Å². The normalized spacial score (nSPS) is 31.8. The average Bonchev–Trinajstić information content (AvgIpc) is 3.06. The van der Waals surface area contributed by atoms with E-state index in [-0.39, 0.29) is 26.1 Å². The van der Waals surface area contributed by atoms with Crippen molar-refractivity contribution in [3.05, 3.63) is 0 Å². The van der Waals surface area contributed by atoms with Crippen LogP contribution in [0.3, 0.4) is 0 Å². The van der Waals surface area contributed by atoms with Crippen LogP contribution < -0.4 is 0 Å². The Labute approximate surface area is 277 Å². The maximum atomic E-state index is 12.4. The van der Waals surface area contributed by atoms with Gasteiger partial charge in [-0.15, -0.1) is 0 Å². The van der Waals surface area contributed by atoms with Gasteiger partial charge in [0, 0.05) is 12.8 Å². The third-order valence-corrected chi connectivity index (χ3v) is 8.34. The molecule has 7 N–H and O–H groups in total. The standard InChI is InChI=1S/C32H58O15/c1-3-5-7-8-9-10-11-12-13-15-23(34)42-17-20(45-24(35)14-6-4-2)18-43-31-30(41)28(39)26(37)22(47-31)19-44-32-29(40)27(38)25(36)21(16-33)46-32/h20-22,25-33,36-41H,3-19H2,1-2H3/t20-,21-,22-,25+,26+,27+,28+,29-,30-,31-,32+/m1/s1. The molecule has 0 bridgehead atoms. The van der Waals surface area contributed by atoms with Crippen molar-refractivity contribution >= 4 is 11.9 Å². The fraction of sp³-hybridized carbons (Fsp3) is 0.938. The topological polar surface area (TPSA) is 231 Å². The van der Waals surface area contributed by atoms with Gasteiger partial charge in [-0.25, -0.2) is 0 Å². The lowest BCUT2D eigenvalue weighted by Gasteiger charge is -2.42. The molecule has 15 heteroatoms. The Bertz CT molecular complexity index is 860. The van der Waals surface area contributed by atoms with E-state index in [0.29, 0.717) is 12.8 Å². The van der Waals surface area contributed by atoms with Crippen LogP contribution in [0.2, 0.25) is 0 Å². The lowest BCUT2D eigenvalue weighted by atomic mass is 9.98. The van der Waals surface area contributed by atoms with Crippen molar-refractivity contribution < 1.29 is 73.8 Å². The molecule has 0 aromatic carbocycles. The molecular weight excluding hydrogens is 624 g/mol. The number of esters is 2. The molecule has 15 nitrogen and oxygen atoms in total. The third-order valence-electron chi connectivity index (χ3n) is 8.34. The van der Waals surface area contributed by atoms with Crippen LogP contribution >= 0.6 is 0 Å². The minimum atomic E-state index is -1.75. The van der Waals surface area contributed by atoms with Crippen LogP contribution in [0.5, 0.6) is 0 Å². The summed E-state index contributed by atoms with van der Waals surface area (Å²) in [5.74, 6) is -0.970. The van der Waals surface area contributed by atoms with Crippen molar-refractivity contribution in [2.75, 3.05) is 26.4 Å². The van der Waals surface area contributed by atoms with E-state index in [9.17, 15) is 45.3 Å². The average molecular weight is 683 g/mol. The first kappa shape index (κ1) is 41.7. The Kier molecular flexibility index (Phi) is 20.4. The molecule has 11 atom stereocenters. The maximum absolute atomic E-state index is 12.4. The summed E-state index contributed by atoms with van der Waals surface area (Å²) in [4.78, 5) is 24.7. The van der Waals surface area contributed by atoms with Crippen molar-refractivity contribution in [2.45, 2.75) is 165 Å². The highest BCUT2D eigenvalue weighted by molar-refractivity contribution is 5.70. The van der Waals surface area contributed by atoms with Gasteiger partial charge in [0.15, 0.2) is 18.7 Å². The number of hydrogen-bond acceptors (Lipinski definition) is 15. The second kappa shape index (κ2) is 23.0. The number of unbranched alkanes of at least 4 members (excludes halogenated alkanes) is 9. The zero-order valence-electron chi connectivity index (χ0n) is 27.8. The van der Waals surface area contributed by atoms with Crippen molar-refractivity contribution in [3.8, 4) is 0 Å². The number of hydrogen-bond donors (Lipinski definition) is 7. The Hall–Kier alpha value is -1.50. The highest BCUT2D eigenvalue weighted by Crippen LogP contribution is 2.26. The molecule has 2 rings (SSSR count). The van der Waals surface area contributed by atoms with E-state index >= 15 is 0 Å². The number of rotatable bonds is 23. The van der Waals surface area contributed by atoms with E-state index in [1.165, 1.54) is 32.1 Å².